The van der Waals surface area contributed by atoms with Gasteiger partial charge in [0.05, 0.1) is 12.1 Å². The van der Waals surface area contributed by atoms with Crippen LogP contribution in [-0.2, 0) is 11.3 Å². The van der Waals surface area contributed by atoms with Gasteiger partial charge in [0, 0.05) is 18.0 Å². The summed E-state index contributed by atoms with van der Waals surface area (Å²) in [6, 6.07) is 12.1. The Labute approximate surface area is 124 Å². The van der Waals surface area contributed by atoms with Crippen molar-refractivity contribution in [1.82, 2.24) is 4.90 Å². The average Bonchev–Trinajstić information content (AvgIpc) is 2.52. The van der Waals surface area contributed by atoms with Crippen molar-refractivity contribution in [1.29, 1.82) is 5.26 Å². The first-order valence-corrected chi connectivity index (χ1v) is 7.38. The fourth-order valence-electron chi connectivity index (χ4n) is 3.19. The molecule has 1 aromatic carbocycles. The van der Waals surface area contributed by atoms with Gasteiger partial charge in [0.15, 0.2) is 0 Å². The Morgan fingerprint density at radius 3 is 2.86 bits per heavy atom. The van der Waals surface area contributed by atoms with Gasteiger partial charge in [-0.15, -0.1) is 0 Å². The average molecular weight is 282 g/mol. The Kier molecular flexibility index (Phi) is 3.92. The van der Waals surface area contributed by atoms with Crippen molar-refractivity contribution >= 4 is 6.09 Å². The molecule has 0 aromatic heterocycles. The molecule has 0 N–H and O–H groups in total. The number of nitriles is 1. The summed E-state index contributed by atoms with van der Waals surface area (Å²) >= 11 is 0. The second-order valence-electron chi connectivity index (χ2n) is 5.61. The molecule has 2 bridgehead atoms. The fourth-order valence-corrected chi connectivity index (χ4v) is 3.19. The molecular formula is C17H18N2O2. The molecule has 108 valence electrons. The zero-order chi connectivity index (χ0) is 14.7. The molecule has 3 rings (SSSR count). The molecule has 0 spiro atoms. The lowest BCUT2D eigenvalue weighted by Gasteiger charge is -2.43. The summed E-state index contributed by atoms with van der Waals surface area (Å²) in [7, 11) is 0. The monoisotopic (exact) mass is 282 g/mol. The first-order valence-electron chi connectivity index (χ1n) is 7.38. The number of carbonyl (C=O) groups excluding carboxylic acids is 1. The molecule has 2 heterocycles. The van der Waals surface area contributed by atoms with Gasteiger partial charge in [-0.25, -0.2) is 4.79 Å². The molecule has 2 atom stereocenters. The van der Waals surface area contributed by atoms with E-state index in [1.807, 2.05) is 41.3 Å². The van der Waals surface area contributed by atoms with Crippen LogP contribution in [0.5, 0.6) is 0 Å². The van der Waals surface area contributed by atoms with Gasteiger partial charge in [-0.2, -0.15) is 5.26 Å². The smallest absolute Gasteiger partial charge is 0.410 e. The number of benzene rings is 1. The lowest BCUT2D eigenvalue weighted by atomic mass is 9.86. The van der Waals surface area contributed by atoms with Crippen molar-refractivity contribution in [3.05, 3.63) is 47.5 Å². The van der Waals surface area contributed by atoms with Gasteiger partial charge in [0.25, 0.3) is 0 Å². The lowest BCUT2D eigenvalue weighted by Crippen LogP contribution is -2.51. The van der Waals surface area contributed by atoms with Crippen LogP contribution in [0.1, 0.15) is 31.2 Å². The van der Waals surface area contributed by atoms with Crippen molar-refractivity contribution < 1.29 is 9.53 Å². The van der Waals surface area contributed by atoms with E-state index in [4.69, 9.17) is 10.00 Å². The van der Waals surface area contributed by atoms with Crippen LogP contribution in [0.2, 0.25) is 0 Å². The van der Waals surface area contributed by atoms with Gasteiger partial charge < -0.3 is 4.74 Å². The maximum Gasteiger partial charge on any atom is 0.410 e. The molecule has 4 nitrogen and oxygen atoms in total. The second-order valence-corrected chi connectivity index (χ2v) is 5.61. The highest BCUT2D eigenvalue weighted by Gasteiger charge is 2.37. The number of amides is 1. The van der Waals surface area contributed by atoms with Crippen LogP contribution >= 0.6 is 0 Å². The Morgan fingerprint density at radius 1 is 1.33 bits per heavy atom. The van der Waals surface area contributed by atoms with Crippen LogP contribution in [-0.4, -0.2) is 23.1 Å². The predicted octanol–water partition coefficient (Wildman–Crippen LogP) is 3.40. The number of hydrogen-bond donors (Lipinski definition) is 0. The van der Waals surface area contributed by atoms with Crippen LogP contribution in [0, 0.1) is 11.3 Å². The van der Waals surface area contributed by atoms with Crippen LogP contribution in [0.4, 0.5) is 4.79 Å². The molecule has 1 aromatic rings. The van der Waals surface area contributed by atoms with Gasteiger partial charge in [-0.1, -0.05) is 30.3 Å². The van der Waals surface area contributed by atoms with E-state index in [-0.39, 0.29) is 18.2 Å². The molecule has 0 radical (unpaired) electrons. The molecule has 0 saturated carbocycles. The number of ether oxygens (including phenoxy) is 1. The summed E-state index contributed by atoms with van der Waals surface area (Å²) in [4.78, 5) is 14.2. The third kappa shape index (κ3) is 2.92. The number of carbonyl (C=O) groups is 1. The first kappa shape index (κ1) is 13.7. The number of nitrogens with zero attached hydrogens (tertiary/aromatic N) is 2. The van der Waals surface area contributed by atoms with Crippen molar-refractivity contribution in [3.63, 3.8) is 0 Å². The summed E-state index contributed by atoms with van der Waals surface area (Å²) in [5, 5.41) is 9.07. The van der Waals surface area contributed by atoms with Gasteiger partial charge in [-0.05, 0) is 30.9 Å². The molecule has 2 aliphatic rings. The summed E-state index contributed by atoms with van der Waals surface area (Å²) in [5.41, 5.74) is 1.79. The number of rotatable bonds is 2. The van der Waals surface area contributed by atoms with Crippen LogP contribution in [0.3, 0.4) is 0 Å². The molecule has 2 unspecified atom stereocenters. The molecule has 0 aliphatic carbocycles. The van der Waals surface area contributed by atoms with E-state index in [2.05, 4.69) is 6.07 Å². The van der Waals surface area contributed by atoms with E-state index in [1.54, 1.807) is 0 Å². The second kappa shape index (κ2) is 6.01. The number of fused-ring (bicyclic) bond motifs is 2. The van der Waals surface area contributed by atoms with Crippen molar-refractivity contribution in [2.75, 3.05) is 0 Å². The van der Waals surface area contributed by atoms with Crippen molar-refractivity contribution in [2.24, 2.45) is 0 Å². The highest BCUT2D eigenvalue weighted by molar-refractivity contribution is 5.69. The van der Waals surface area contributed by atoms with Gasteiger partial charge in [0.2, 0.25) is 0 Å². The van der Waals surface area contributed by atoms with Crippen molar-refractivity contribution in [2.45, 2.75) is 44.4 Å². The highest BCUT2D eigenvalue weighted by Crippen LogP contribution is 2.33. The molecule has 1 fully saturated rings. The Balaban J connectivity index is 1.67. The van der Waals surface area contributed by atoms with E-state index in [0.29, 0.717) is 13.0 Å². The number of piperidine rings is 1. The molecule has 1 saturated heterocycles. The third-order valence-electron chi connectivity index (χ3n) is 4.20. The summed E-state index contributed by atoms with van der Waals surface area (Å²) in [6.45, 7) is 0.296. The maximum atomic E-state index is 12.4. The van der Waals surface area contributed by atoms with E-state index >= 15 is 0 Å². The summed E-state index contributed by atoms with van der Waals surface area (Å²) in [5.74, 6) is 0. The summed E-state index contributed by atoms with van der Waals surface area (Å²) in [6.07, 6.45) is 5.31. The molecule has 4 heteroatoms. The van der Waals surface area contributed by atoms with E-state index < -0.39 is 0 Å². The van der Waals surface area contributed by atoms with Gasteiger partial charge in [0.1, 0.15) is 6.61 Å². The quantitative estimate of drug-likeness (QED) is 0.835. The third-order valence-corrected chi connectivity index (χ3v) is 4.20. The first-order chi connectivity index (χ1) is 10.3. The minimum absolute atomic E-state index is 0.0235. The van der Waals surface area contributed by atoms with E-state index in [1.165, 1.54) is 0 Å². The highest BCUT2D eigenvalue weighted by atomic mass is 16.6. The standard InChI is InChI=1S/C17H18N2O2/c18-11-14-9-15-7-4-8-16(10-14)19(15)17(20)21-12-13-5-2-1-3-6-13/h1-3,5-6,9,15-16H,4,7-8,10,12H2. The minimum Gasteiger partial charge on any atom is -0.445 e. The van der Waals surface area contributed by atoms with Crippen LogP contribution in [0.25, 0.3) is 0 Å². The predicted molar refractivity (Wildman–Crippen MR) is 78.2 cm³/mol. The molecule has 21 heavy (non-hydrogen) atoms. The molecule has 2 aliphatic heterocycles. The normalized spacial score (nSPS) is 24.0. The summed E-state index contributed by atoms with van der Waals surface area (Å²) < 4.78 is 5.45. The Bertz CT molecular complexity index is 589. The lowest BCUT2D eigenvalue weighted by molar-refractivity contribution is 0.0489. The van der Waals surface area contributed by atoms with E-state index in [0.717, 1.165) is 30.4 Å². The SMILES string of the molecule is N#CC1=CC2CCCC(C1)N2C(=O)OCc1ccccc1. The van der Waals surface area contributed by atoms with Crippen LogP contribution < -0.4 is 0 Å². The largest absolute Gasteiger partial charge is 0.445 e. The molecular weight excluding hydrogens is 264 g/mol. The Morgan fingerprint density at radius 2 is 2.14 bits per heavy atom. The van der Waals surface area contributed by atoms with Gasteiger partial charge in [-0.3, -0.25) is 4.90 Å². The van der Waals surface area contributed by atoms with E-state index in [9.17, 15) is 4.79 Å². The zero-order valence-corrected chi connectivity index (χ0v) is 11.9. The van der Waals surface area contributed by atoms with Crippen LogP contribution in [0.15, 0.2) is 42.0 Å². The topological polar surface area (TPSA) is 53.3 Å². The molecule has 1 amide bonds. The minimum atomic E-state index is -0.262. The Hall–Kier alpha value is -2.28. The number of hydrogen-bond acceptors (Lipinski definition) is 3. The fraction of sp³-hybridized carbons (Fsp3) is 0.412. The maximum absolute atomic E-state index is 12.4. The van der Waals surface area contributed by atoms with Gasteiger partial charge >= 0.3 is 6.09 Å². The zero-order valence-electron chi connectivity index (χ0n) is 11.9. The van der Waals surface area contributed by atoms with Crippen molar-refractivity contribution in [3.8, 4) is 6.07 Å².